The Balaban J connectivity index is 1.57. The number of rotatable bonds is 11. The van der Waals surface area contributed by atoms with E-state index in [1.807, 2.05) is 66.0 Å². The zero-order valence-electron chi connectivity index (χ0n) is 22.8. The maximum Gasteiger partial charge on any atom is 0.416 e. The fourth-order valence-electron chi connectivity index (χ4n) is 4.15. The molecule has 0 saturated carbocycles. The van der Waals surface area contributed by atoms with E-state index in [-0.39, 0.29) is 43.6 Å². The highest BCUT2D eigenvalue weighted by Crippen LogP contribution is 2.36. The maximum atomic E-state index is 13.3. The number of benzene rings is 4. The number of carbonyl (C=O) groups excluding carboxylic acids is 1. The van der Waals surface area contributed by atoms with Gasteiger partial charge in [-0.3, -0.25) is 4.79 Å². The van der Waals surface area contributed by atoms with E-state index in [1.165, 1.54) is 12.1 Å². The minimum atomic E-state index is -5.18. The number of carboxylic acid groups (broad SMARTS) is 1. The third-order valence-electron chi connectivity index (χ3n) is 6.38. The van der Waals surface area contributed by atoms with Crippen molar-refractivity contribution in [1.82, 2.24) is 5.32 Å². The fourth-order valence-corrected chi connectivity index (χ4v) is 4.15. The number of halogens is 6. The highest BCUT2D eigenvalue weighted by atomic mass is 19.4. The molecular weight excluding hydrogens is 592 g/mol. The summed E-state index contributed by atoms with van der Waals surface area (Å²) >= 11 is 0. The Morgan fingerprint density at radius 1 is 0.659 bits per heavy atom. The van der Waals surface area contributed by atoms with Gasteiger partial charge >= 0.3 is 18.3 Å². The van der Waals surface area contributed by atoms with E-state index in [0.29, 0.717) is 11.3 Å². The van der Waals surface area contributed by atoms with Gasteiger partial charge in [0, 0.05) is 12.0 Å². The number of hydrogen-bond donors (Lipinski definition) is 2. The summed E-state index contributed by atoms with van der Waals surface area (Å²) in [5.41, 5.74) is -2.33. The number of aliphatic carboxylic acids is 1. The Morgan fingerprint density at radius 2 is 1.16 bits per heavy atom. The zero-order chi connectivity index (χ0) is 31.9. The summed E-state index contributed by atoms with van der Waals surface area (Å²) in [5, 5.41) is 11.8. The van der Waals surface area contributed by atoms with Crippen molar-refractivity contribution in [1.29, 1.82) is 0 Å². The molecule has 44 heavy (non-hydrogen) atoms. The molecule has 4 rings (SSSR count). The number of carbonyl (C=O) groups is 2. The van der Waals surface area contributed by atoms with Gasteiger partial charge in [-0.1, -0.05) is 66.7 Å². The van der Waals surface area contributed by atoms with Gasteiger partial charge in [0.2, 0.25) is 0 Å². The molecule has 4 aromatic carbocycles. The second-order valence-electron chi connectivity index (χ2n) is 9.69. The summed E-state index contributed by atoms with van der Waals surface area (Å²) in [6, 6.07) is 21.6. The Hall–Kier alpha value is -5.00. The Bertz CT molecular complexity index is 1560. The van der Waals surface area contributed by atoms with Crippen LogP contribution in [0.15, 0.2) is 97.1 Å². The molecule has 4 aromatic rings. The molecule has 0 bridgehead atoms. The van der Waals surface area contributed by atoms with Crippen molar-refractivity contribution in [3.05, 3.63) is 130 Å². The number of nitrogens with one attached hydrogen (secondary N) is 1. The van der Waals surface area contributed by atoms with Crippen molar-refractivity contribution < 1.29 is 50.5 Å². The van der Waals surface area contributed by atoms with Crippen LogP contribution in [0.4, 0.5) is 26.3 Å². The van der Waals surface area contributed by atoms with Gasteiger partial charge in [-0.05, 0) is 47.0 Å². The number of alkyl halides is 6. The molecule has 0 aliphatic carbocycles. The van der Waals surface area contributed by atoms with Crippen molar-refractivity contribution in [3.8, 4) is 11.5 Å². The van der Waals surface area contributed by atoms with Crippen molar-refractivity contribution in [2.75, 3.05) is 0 Å². The molecule has 1 atom stereocenters. The van der Waals surface area contributed by atoms with Gasteiger partial charge in [0.25, 0.3) is 5.91 Å². The molecular formula is C32H25F6NO5. The summed E-state index contributed by atoms with van der Waals surface area (Å²) < 4.78 is 91.4. The molecule has 0 aliphatic rings. The highest BCUT2D eigenvalue weighted by molar-refractivity contribution is 5.97. The molecule has 0 saturated heterocycles. The Morgan fingerprint density at radius 3 is 1.64 bits per heavy atom. The lowest BCUT2D eigenvalue weighted by molar-refractivity contribution is -0.143. The average molecular weight is 618 g/mol. The van der Waals surface area contributed by atoms with Gasteiger partial charge in [-0.2, -0.15) is 26.3 Å². The first kappa shape index (κ1) is 31.9. The van der Waals surface area contributed by atoms with Crippen LogP contribution in [0.3, 0.4) is 0 Å². The highest BCUT2D eigenvalue weighted by Gasteiger charge is 2.38. The third-order valence-corrected chi connectivity index (χ3v) is 6.38. The molecule has 0 aromatic heterocycles. The van der Waals surface area contributed by atoms with Crippen LogP contribution in [0.2, 0.25) is 0 Å². The zero-order valence-corrected chi connectivity index (χ0v) is 22.8. The lowest BCUT2D eigenvalue weighted by atomic mass is 10.0. The van der Waals surface area contributed by atoms with Crippen LogP contribution in [0.5, 0.6) is 11.5 Å². The predicted molar refractivity (Wildman–Crippen MR) is 147 cm³/mol. The molecule has 0 unspecified atom stereocenters. The van der Waals surface area contributed by atoms with E-state index < -0.39 is 47.0 Å². The van der Waals surface area contributed by atoms with E-state index in [9.17, 15) is 41.0 Å². The molecule has 12 heteroatoms. The second-order valence-corrected chi connectivity index (χ2v) is 9.69. The number of ether oxygens (including phenoxy) is 2. The van der Waals surface area contributed by atoms with Crippen LogP contribution >= 0.6 is 0 Å². The lowest BCUT2D eigenvalue weighted by Crippen LogP contribution is -2.42. The SMILES string of the molecule is O=C(N[C@@H](Cc1ccc(OCc2ccccc2)c(OCc2ccccc2)c1)C(=O)O)c1cc(C(F)(F)F)cc(C(F)(F)F)c1. The second kappa shape index (κ2) is 13.5. The van der Waals surface area contributed by atoms with Crippen molar-refractivity contribution in [2.45, 2.75) is 38.0 Å². The monoisotopic (exact) mass is 617 g/mol. The topological polar surface area (TPSA) is 84.9 Å². The number of amides is 1. The van der Waals surface area contributed by atoms with Crippen LogP contribution in [-0.2, 0) is 36.8 Å². The van der Waals surface area contributed by atoms with Gasteiger partial charge in [0.15, 0.2) is 11.5 Å². The molecule has 2 N–H and O–H groups in total. The number of hydrogen-bond acceptors (Lipinski definition) is 4. The molecule has 1 amide bonds. The van der Waals surface area contributed by atoms with E-state index in [1.54, 1.807) is 6.07 Å². The lowest BCUT2D eigenvalue weighted by Gasteiger charge is -2.18. The molecule has 6 nitrogen and oxygen atoms in total. The first-order chi connectivity index (χ1) is 20.8. The first-order valence-electron chi connectivity index (χ1n) is 13.1. The van der Waals surface area contributed by atoms with E-state index in [0.717, 1.165) is 11.1 Å². The van der Waals surface area contributed by atoms with Crippen molar-refractivity contribution >= 4 is 11.9 Å². The summed E-state index contributed by atoms with van der Waals surface area (Å²) in [5.74, 6) is -2.38. The summed E-state index contributed by atoms with van der Waals surface area (Å²) in [4.78, 5) is 24.8. The van der Waals surface area contributed by atoms with E-state index in [4.69, 9.17) is 9.47 Å². The van der Waals surface area contributed by atoms with Crippen LogP contribution in [-0.4, -0.2) is 23.0 Å². The molecule has 230 valence electrons. The molecule has 0 heterocycles. The number of carboxylic acids is 1. The summed E-state index contributed by atoms with van der Waals surface area (Å²) in [6.07, 6.45) is -10.7. The Kier molecular flexibility index (Phi) is 9.82. The van der Waals surface area contributed by atoms with Crippen molar-refractivity contribution in [2.24, 2.45) is 0 Å². The molecule has 0 spiro atoms. The largest absolute Gasteiger partial charge is 0.485 e. The maximum absolute atomic E-state index is 13.3. The van der Waals surface area contributed by atoms with Crippen LogP contribution < -0.4 is 14.8 Å². The van der Waals surface area contributed by atoms with Crippen LogP contribution in [0, 0.1) is 0 Å². The minimum absolute atomic E-state index is 0.121. The van der Waals surface area contributed by atoms with Crippen LogP contribution in [0.25, 0.3) is 0 Å². The summed E-state index contributed by atoms with van der Waals surface area (Å²) in [6.45, 7) is 0.342. The minimum Gasteiger partial charge on any atom is -0.485 e. The molecule has 0 aliphatic heterocycles. The van der Waals surface area contributed by atoms with Gasteiger partial charge in [0.1, 0.15) is 19.3 Å². The predicted octanol–water partition coefficient (Wildman–Crippen LogP) is 7.31. The van der Waals surface area contributed by atoms with Gasteiger partial charge < -0.3 is 19.9 Å². The molecule has 0 radical (unpaired) electrons. The van der Waals surface area contributed by atoms with Crippen LogP contribution in [0.1, 0.15) is 38.2 Å². The quantitative estimate of drug-likeness (QED) is 0.173. The van der Waals surface area contributed by atoms with Crippen molar-refractivity contribution in [3.63, 3.8) is 0 Å². The smallest absolute Gasteiger partial charge is 0.416 e. The van der Waals surface area contributed by atoms with Gasteiger partial charge in [-0.15, -0.1) is 0 Å². The van der Waals surface area contributed by atoms with E-state index in [2.05, 4.69) is 0 Å². The van der Waals surface area contributed by atoms with Gasteiger partial charge in [0.05, 0.1) is 11.1 Å². The van der Waals surface area contributed by atoms with Gasteiger partial charge in [-0.25, -0.2) is 4.79 Å². The third kappa shape index (κ3) is 8.76. The normalized spacial score (nSPS) is 12.3. The summed E-state index contributed by atoms with van der Waals surface area (Å²) in [7, 11) is 0. The van der Waals surface area contributed by atoms with E-state index >= 15 is 0 Å². The average Bonchev–Trinajstić information content (AvgIpc) is 2.99. The molecule has 0 fully saturated rings. The fraction of sp³-hybridized carbons (Fsp3) is 0.188. The first-order valence-corrected chi connectivity index (χ1v) is 13.1. The Labute approximate surface area is 247 Å². The standard InChI is InChI=1S/C32H25F6NO5/c33-31(34,35)24-15-23(16-25(17-24)32(36,37)38)29(40)39-26(30(41)42)13-22-11-12-27(43-18-20-7-3-1-4-8-20)28(14-22)44-19-21-9-5-2-6-10-21/h1-12,14-17,26H,13,18-19H2,(H,39,40)(H,41,42)/t26-/m0/s1.